The molecule has 2 aromatic rings. The summed E-state index contributed by atoms with van der Waals surface area (Å²) in [7, 11) is 3.50. The maximum absolute atomic E-state index is 9.03. The highest BCUT2D eigenvalue weighted by molar-refractivity contribution is 9.10. The van der Waals surface area contributed by atoms with Gasteiger partial charge in [-0.25, -0.2) is 0 Å². The number of aromatic nitrogens is 2. The molecule has 0 radical (unpaired) electrons. The number of nitriles is 1. The Hall–Kier alpha value is -1.80. The van der Waals surface area contributed by atoms with Crippen LogP contribution in [-0.4, -0.2) is 16.9 Å². The zero-order valence-electron chi connectivity index (χ0n) is 11.3. The van der Waals surface area contributed by atoms with E-state index in [4.69, 9.17) is 10.00 Å². The van der Waals surface area contributed by atoms with E-state index in [1.165, 1.54) is 0 Å². The van der Waals surface area contributed by atoms with Gasteiger partial charge in [-0.3, -0.25) is 4.68 Å². The molecule has 0 spiro atoms. The standard InChI is InChI=1S/C14H14BrN3O/c1-8-9(2)12(19-4)6-5-10(8)14-13(15)11(7-16)17-18(14)3/h5-6H,1-4H3. The minimum absolute atomic E-state index is 0.394. The molecule has 1 aromatic carbocycles. The van der Waals surface area contributed by atoms with E-state index in [1.54, 1.807) is 11.8 Å². The van der Waals surface area contributed by atoms with Crippen LogP contribution >= 0.6 is 15.9 Å². The molecule has 0 fully saturated rings. The third-order valence-corrected chi connectivity index (χ3v) is 4.06. The zero-order chi connectivity index (χ0) is 14.2. The summed E-state index contributed by atoms with van der Waals surface area (Å²) in [6.07, 6.45) is 0. The predicted molar refractivity (Wildman–Crippen MR) is 77.1 cm³/mol. The highest BCUT2D eigenvalue weighted by Crippen LogP contribution is 2.36. The summed E-state index contributed by atoms with van der Waals surface area (Å²) in [5.41, 5.74) is 4.55. The molecule has 0 bridgehead atoms. The Morgan fingerprint density at radius 2 is 2.00 bits per heavy atom. The molecule has 0 saturated carbocycles. The number of halogens is 1. The predicted octanol–water partition coefficient (Wildman–Crippen LogP) is 3.35. The summed E-state index contributed by atoms with van der Waals surface area (Å²) in [5, 5.41) is 13.2. The van der Waals surface area contributed by atoms with Gasteiger partial charge in [0, 0.05) is 12.6 Å². The molecule has 98 valence electrons. The van der Waals surface area contributed by atoms with E-state index in [-0.39, 0.29) is 0 Å². The first-order valence-corrected chi connectivity index (χ1v) is 6.57. The van der Waals surface area contributed by atoms with E-state index in [9.17, 15) is 0 Å². The van der Waals surface area contributed by atoms with E-state index < -0.39 is 0 Å². The van der Waals surface area contributed by atoms with Crippen LogP contribution in [0.3, 0.4) is 0 Å². The Bertz CT molecular complexity index is 683. The lowest BCUT2D eigenvalue weighted by Gasteiger charge is -2.13. The van der Waals surface area contributed by atoms with Crippen molar-refractivity contribution < 1.29 is 4.74 Å². The number of aryl methyl sites for hydroxylation is 1. The van der Waals surface area contributed by atoms with E-state index >= 15 is 0 Å². The molecule has 2 rings (SSSR count). The van der Waals surface area contributed by atoms with Crippen molar-refractivity contribution in [3.8, 4) is 23.1 Å². The second kappa shape index (κ2) is 5.06. The number of methoxy groups -OCH3 is 1. The SMILES string of the molecule is COc1ccc(-c2c(Br)c(C#N)nn2C)c(C)c1C. The molecule has 4 nitrogen and oxygen atoms in total. The van der Waals surface area contributed by atoms with Gasteiger partial charge in [-0.05, 0) is 53.0 Å². The summed E-state index contributed by atoms with van der Waals surface area (Å²) in [6.45, 7) is 4.06. The quantitative estimate of drug-likeness (QED) is 0.853. The molecule has 0 saturated heterocycles. The first kappa shape index (κ1) is 13.6. The third kappa shape index (κ3) is 2.13. The lowest BCUT2D eigenvalue weighted by atomic mass is 10.00. The number of hydrogen-bond acceptors (Lipinski definition) is 3. The highest BCUT2D eigenvalue weighted by Gasteiger charge is 2.18. The Labute approximate surface area is 120 Å². The summed E-state index contributed by atoms with van der Waals surface area (Å²) in [6, 6.07) is 6.00. The van der Waals surface area contributed by atoms with Crippen LogP contribution in [0.1, 0.15) is 16.8 Å². The first-order chi connectivity index (χ1) is 9.01. The van der Waals surface area contributed by atoms with Crippen LogP contribution in [-0.2, 0) is 7.05 Å². The van der Waals surface area contributed by atoms with Gasteiger partial charge < -0.3 is 4.74 Å². The number of benzene rings is 1. The van der Waals surface area contributed by atoms with Gasteiger partial charge in [0.05, 0.1) is 17.3 Å². The van der Waals surface area contributed by atoms with Crippen LogP contribution in [0.5, 0.6) is 5.75 Å². The van der Waals surface area contributed by atoms with Crippen molar-refractivity contribution in [2.45, 2.75) is 13.8 Å². The van der Waals surface area contributed by atoms with Crippen LogP contribution < -0.4 is 4.74 Å². The van der Waals surface area contributed by atoms with Gasteiger partial charge in [-0.2, -0.15) is 10.4 Å². The number of ether oxygens (including phenoxy) is 1. The molecule has 0 amide bonds. The average Bonchev–Trinajstić information content (AvgIpc) is 2.68. The van der Waals surface area contributed by atoms with Crippen LogP contribution in [0.15, 0.2) is 16.6 Å². The molecule has 0 aliphatic carbocycles. The summed E-state index contributed by atoms with van der Waals surface area (Å²) >= 11 is 3.46. The van der Waals surface area contributed by atoms with E-state index in [2.05, 4.69) is 27.1 Å². The van der Waals surface area contributed by atoms with Gasteiger partial charge in [-0.1, -0.05) is 0 Å². The molecule has 5 heteroatoms. The van der Waals surface area contributed by atoms with Gasteiger partial charge in [0.1, 0.15) is 11.8 Å². The Balaban J connectivity index is 2.71. The summed E-state index contributed by atoms with van der Waals surface area (Å²) in [4.78, 5) is 0. The van der Waals surface area contributed by atoms with Crippen LogP contribution in [0.2, 0.25) is 0 Å². The lowest BCUT2D eigenvalue weighted by Crippen LogP contribution is -1.98. The van der Waals surface area contributed by atoms with E-state index in [1.807, 2.05) is 33.0 Å². The zero-order valence-corrected chi connectivity index (χ0v) is 12.9. The monoisotopic (exact) mass is 319 g/mol. The largest absolute Gasteiger partial charge is 0.496 e. The number of nitrogens with zero attached hydrogens (tertiary/aromatic N) is 3. The van der Waals surface area contributed by atoms with Crippen LogP contribution in [0.25, 0.3) is 11.3 Å². The maximum atomic E-state index is 9.03. The second-order valence-electron chi connectivity index (χ2n) is 4.31. The van der Waals surface area contributed by atoms with Crippen LogP contribution in [0, 0.1) is 25.2 Å². The topological polar surface area (TPSA) is 50.8 Å². The molecule has 19 heavy (non-hydrogen) atoms. The first-order valence-electron chi connectivity index (χ1n) is 5.78. The fraction of sp³-hybridized carbons (Fsp3) is 0.286. The van der Waals surface area contributed by atoms with Gasteiger partial charge in [0.25, 0.3) is 0 Å². The molecule has 0 N–H and O–H groups in total. The van der Waals surface area contributed by atoms with Gasteiger partial charge in [0.2, 0.25) is 0 Å². The molecule has 1 heterocycles. The Kier molecular flexibility index (Phi) is 3.63. The Morgan fingerprint density at radius 3 is 2.53 bits per heavy atom. The molecular weight excluding hydrogens is 306 g/mol. The van der Waals surface area contributed by atoms with Crippen molar-refractivity contribution >= 4 is 15.9 Å². The molecular formula is C14H14BrN3O. The fourth-order valence-electron chi connectivity index (χ4n) is 2.14. The summed E-state index contributed by atoms with van der Waals surface area (Å²) < 4.78 is 7.76. The van der Waals surface area contributed by atoms with Crippen molar-refractivity contribution in [1.29, 1.82) is 5.26 Å². The van der Waals surface area contributed by atoms with Crippen molar-refractivity contribution in [2.24, 2.45) is 7.05 Å². The normalized spacial score (nSPS) is 10.3. The van der Waals surface area contributed by atoms with E-state index in [0.717, 1.165) is 32.6 Å². The molecule has 0 atom stereocenters. The number of rotatable bonds is 2. The van der Waals surface area contributed by atoms with Crippen molar-refractivity contribution in [3.63, 3.8) is 0 Å². The van der Waals surface area contributed by atoms with E-state index in [0.29, 0.717) is 5.69 Å². The molecule has 0 aliphatic rings. The highest BCUT2D eigenvalue weighted by atomic mass is 79.9. The molecule has 1 aromatic heterocycles. The Morgan fingerprint density at radius 1 is 1.32 bits per heavy atom. The van der Waals surface area contributed by atoms with Crippen LogP contribution in [0.4, 0.5) is 0 Å². The minimum Gasteiger partial charge on any atom is -0.496 e. The van der Waals surface area contributed by atoms with Gasteiger partial charge in [0.15, 0.2) is 5.69 Å². The molecule has 0 aliphatic heterocycles. The second-order valence-corrected chi connectivity index (χ2v) is 5.10. The minimum atomic E-state index is 0.394. The molecule has 0 unspecified atom stereocenters. The maximum Gasteiger partial charge on any atom is 0.177 e. The summed E-state index contributed by atoms with van der Waals surface area (Å²) in [5.74, 6) is 0.861. The fourth-order valence-corrected chi connectivity index (χ4v) is 2.77. The van der Waals surface area contributed by atoms with Gasteiger partial charge >= 0.3 is 0 Å². The lowest BCUT2D eigenvalue weighted by molar-refractivity contribution is 0.411. The van der Waals surface area contributed by atoms with Crippen molar-refractivity contribution in [3.05, 3.63) is 33.4 Å². The van der Waals surface area contributed by atoms with Crippen molar-refractivity contribution in [2.75, 3.05) is 7.11 Å². The average molecular weight is 320 g/mol. The number of hydrogen-bond donors (Lipinski definition) is 0. The third-order valence-electron chi connectivity index (χ3n) is 3.31. The van der Waals surface area contributed by atoms with Crippen molar-refractivity contribution in [1.82, 2.24) is 9.78 Å². The smallest absolute Gasteiger partial charge is 0.177 e. The van der Waals surface area contributed by atoms with Gasteiger partial charge in [-0.15, -0.1) is 0 Å².